The zero-order valence-electron chi connectivity index (χ0n) is 10.2. The summed E-state index contributed by atoms with van der Waals surface area (Å²) in [6.45, 7) is 0. The maximum absolute atomic E-state index is 10.5. The van der Waals surface area contributed by atoms with Crippen molar-refractivity contribution in [3.8, 4) is 11.1 Å². The van der Waals surface area contributed by atoms with Crippen LogP contribution in [0.4, 0.5) is 5.82 Å². The third kappa shape index (κ3) is 2.19. The Morgan fingerprint density at radius 1 is 1.10 bits per heavy atom. The summed E-state index contributed by atoms with van der Waals surface area (Å²) in [5.41, 5.74) is 4.37. The quantitative estimate of drug-likeness (QED) is 0.582. The lowest BCUT2D eigenvalue weighted by molar-refractivity contribution is 1.21. The van der Waals surface area contributed by atoms with Crippen LogP contribution in [0, 0.1) is 4.91 Å². The van der Waals surface area contributed by atoms with E-state index in [-0.39, 0.29) is 0 Å². The van der Waals surface area contributed by atoms with Crippen molar-refractivity contribution < 1.29 is 0 Å². The molecule has 0 spiro atoms. The van der Waals surface area contributed by atoms with Gasteiger partial charge in [0.25, 0.3) is 0 Å². The highest BCUT2D eigenvalue weighted by Crippen LogP contribution is 2.34. The zero-order valence-corrected chi connectivity index (χ0v) is 11.0. The van der Waals surface area contributed by atoms with Crippen LogP contribution in [0.15, 0.2) is 53.9 Å². The number of hydrogen-bond donors (Lipinski definition) is 1. The summed E-state index contributed by atoms with van der Waals surface area (Å²) in [5.74, 6) is 0.333. The molecule has 0 unspecified atom stereocenters. The van der Waals surface area contributed by atoms with Crippen molar-refractivity contribution in [1.82, 2.24) is 9.97 Å². The molecule has 2 heterocycles. The molecule has 6 heteroatoms. The van der Waals surface area contributed by atoms with Gasteiger partial charge in [-0.25, -0.2) is 15.4 Å². The average Bonchev–Trinajstić information content (AvgIpc) is 2.48. The van der Waals surface area contributed by atoms with Crippen LogP contribution < -0.4 is 5.43 Å². The van der Waals surface area contributed by atoms with Crippen LogP contribution in [0.1, 0.15) is 0 Å². The number of anilines is 1. The van der Waals surface area contributed by atoms with E-state index in [1.807, 2.05) is 36.4 Å². The number of halogens is 1. The molecular formula is C14H9ClN4O. The number of rotatable bonds is 3. The number of nitrogens with one attached hydrogen (secondary N) is 1. The highest BCUT2D eigenvalue weighted by Gasteiger charge is 2.12. The van der Waals surface area contributed by atoms with Gasteiger partial charge in [0.15, 0.2) is 11.5 Å². The number of aromatic nitrogens is 2. The molecular weight excluding hydrogens is 276 g/mol. The van der Waals surface area contributed by atoms with Crippen LogP contribution >= 0.6 is 11.6 Å². The monoisotopic (exact) mass is 284 g/mol. The van der Waals surface area contributed by atoms with E-state index in [9.17, 15) is 4.91 Å². The first-order valence-electron chi connectivity index (χ1n) is 5.88. The van der Waals surface area contributed by atoms with Gasteiger partial charge in [0.1, 0.15) is 0 Å². The van der Waals surface area contributed by atoms with E-state index in [1.165, 1.54) is 0 Å². The number of fused-ring (bicyclic) bond motifs is 1. The molecule has 0 saturated carbocycles. The van der Waals surface area contributed by atoms with E-state index >= 15 is 0 Å². The maximum atomic E-state index is 10.5. The van der Waals surface area contributed by atoms with Gasteiger partial charge in [-0.1, -0.05) is 29.8 Å². The zero-order chi connectivity index (χ0) is 13.9. The maximum Gasteiger partial charge on any atom is 0.161 e. The van der Waals surface area contributed by atoms with E-state index < -0.39 is 0 Å². The molecule has 1 aromatic carbocycles. The van der Waals surface area contributed by atoms with Crippen molar-refractivity contribution in [2.45, 2.75) is 0 Å². The van der Waals surface area contributed by atoms with Crippen LogP contribution in [0.25, 0.3) is 22.2 Å². The predicted molar refractivity (Wildman–Crippen MR) is 79.4 cm³/mol. The van der Waals surface area contributed by atoms with Crippen molar-refractivity contribution in [2.75, 3.05) is 5.43 Å². The van der Waals surface area contributed by atoms with Gasteiger partial charge in [-0.15, -0.1) is 4.91 Å². The summed E-state index contributed by atoms with van der Waals surface area (Å²) in [6.07, 6.45) is 1.64. The molecule has 3 rings (SSSR count). The topological polar surface area (TPSA) is 67.2 Å². The summed E-state index contributed by atoms with van der Waals surface area (Å²) in [4.78, 5) is 19.0. The minimum absolute atomic E-state index is 0.333. The molecule has 0 fully saturated rings. The second kappa shape index (κ2) is 5.22. The van der Waals surface area contributed by atoms with Gasteiger partial charge in [0.05, 0.1) is 5.29 Å². The smallest absolute Gasteiger partial charge is 0.161 e. The lowest BCUT2D eigenvalue weighted by Gasteiger charge is -2.10. The van der Waals surface area contributed by atoms with Crippen molar-refractivity contribution in [2.24, 2.45) is 5.29 Å². The molecule has 0 aliphatic carbocycles. The van der Waals surface area contributed by atoms with Gasteiger partial charge < -0.3 is 0 Å². The second-order valence-corrected chi connectivity index (χ2v) is 4.52. The van der Waals surface area contributed by atoms with Gasteiger partial charge in [-0.2, -0.15) is 0 Å². The summed E-state index contributed by atoms with van der Waals surface area (Å²) >= 11 is 6.20. The fraction of sp³-hybridized carbons (Fsp3) is 0. The van der Waals surface area contributed by atoms with E-state index in [0.29, 0.717) is 22.1 Å². The van der Waals surface area contributed by atoms with Crippen LogP contribution in [0.2, 0.25) is 5.02 Å². The summed E-state index contributed by atoms with van der Waals surface area (Å²) in [6, 6.07) is 12.9. The Balaban J connectivity index is 2.29. The largest absolute Gasteiger partial charge is 0.237 e. The lowest BCUT2D eigenvalue weighted by Crippen LogP contribution is -1.96. The molecule has 0 aliphatic heterocycles. The fourth-order valence-electron chi connectivity index (χ4n) is 2.02. The second-order valence-electron chi connectivity index (χ2n) is 4.12. The third-order valence-corrected chi connectivity index (χ3v) is 3.23. The molecule has 0 amide bonds. The van der Waals surface area contributed by atoms with E-state index in [2.05, 4.69) is 20.7 Å². The molecule has 0 radical (unpaired) electrons. The summed E-state index contributed by atoms with van der Waals surface area (Å²) < 4.78 is 0. The fourth-order valence-corrected chi connectivity index (χ4v) is 2.26. The predicted octanol–water partition coefficient (Wildman–Crippen LogP) is 4.04. The molecule has 98 valence electrons. The molecule has 2 aromatic heterocycles. The van der Waals surface area contributed by atoms with Crippen molar-refractivity contribution >= 4 is 28.5 Å². The highest BCUT2D eigenvalue weighted by molar-refractivity contribution is 6.33. The first kappa shape index (κ1) is 12.5. The molecule has 20 heavy (non-hydrogen) atoms. The Bertz CT molecular complexity index is 791. The van der Waals surface area contributed by atoms with E-state index in [4.69, 9.17) is 11.6 Å². The van der Waals surface area contributed by atoms with E-state index in [0.717, 1.165) is 10.9 Å². The van der Waals surface area contributed by atoms with Gasteiger partial charge in [0.2, 0.25) is 0 Å². The Morgan fingerprint density at radius 2 is 1.95 bits per heavy atom. The van der Waals surface area contributed by atoms with Crippen molar-refractivity contribution in [3.63, 3.8) is 0 Å². The highest BCUT2D eigenvalue weighted by atomic mass is 35.5. The minimum Gasteiger partial charge on any atom is -0.237 e. The molecule has 3 aromatic rings. The Morgan fingerprint density at radius 3 is 2.75 bits per heavy atom. The van der Waals surface area contributed by atoms with Gasteiger partial charge in [0, 0.05) is 27.7 Å². The summed E-state index contributed by atoms with van der Waals surface area (Å²) in [7, 11) is 0. The number of hydrogen-bond acceptors (Lipinski definition) is 4. The molecule has 0 aliphatic rings. The average molecular weight is 285 g/mol. The van der Waals surface area contributed by atoms with Gasteiger partial charge >= 0.3 is 0 Å². The van der Waals surface area contributed by atoms with Gasteiger partial charge in [-0.3, -0.25) is 0 Å². The van der Waals surface area contributed by atoms with Crippen molar-refractivity contribution in [1.29, 1.82) is 0 Å². The Kier molecular flexibility index (Phi) is 3.26. The van der Waals surface area contributed by atoms with Crippen LogP contribution in [-0.4, -0.2) is 9.97 Å². The van der Waals surface area contributed by atoms with E-state index in [1.54, 1.807) is 12.3 Å². The first-order valence-corrected chi connectivity index (χ1v) is 6.26. The van der Waals surface area contributed by atoms with Crippen molar-refractivity contribution in [3.05, 3.63) is 58.6 Å². The van der Waals surface area contributed by atoms with Crippen LogP contribution in [0.3, 0.4) is 0 Å². The Labute approximate surface area is 119 Å². The van der Waals surface area contributed by atoms with Crippen LogP contribution in [-0.2, 0) is 0 Å². The first-order chi connectivity index (χ1) is 9.79. The third-order valence-electron chi connectivity index (χ3n) is 2.91. The lowest BCUT2D eigenvalue weighted by atomic mass is 10.1. The SMILES string of the molecule is O=NNc1nc2ncccc2cc1-c1ccccc1Cl. The number of nitrogens with zero attached hydrogens (tertiary/aromatic N) is 3. The standard InChI is InChI=1S/C14H9ClN4O/c15-12-6-2-1-5-10(12)11-8-9-4-3-7-16-13(9)17-14(11)18-19-20/h1-8H,(H,16,17,18,20). The summed E-state index contributed by atoms with van der Waals surface area (Å²) in [5, 5.41) is 4.13. The number of benzene rings is 1. The molecule has 0 bridgehead atoms. The van der Waals surface area contributed by atoms with Gasteiger partial charge in [-0.05, 0) is 24.3 Å². The number of pyridine rings is 2. The molecule has 0 saturated heterocycles. The Hall–Kier alpha value is -2.53. The molecule has 1 N–H and O–H groups in total. The number of nitroso groups, excluding NO2 is 1. The normalized spacial score (nSPS) is 10.4. The minimum atomic E-state index is 0.333. The van der Waals surface area contributed by atoms with Crippen LogP contribution in [0.5, 0.6) is 0 Å². The molecule has 0 atom stereocenters. The molecule has 5 nitrogen and oxygen atoms in total.